The van der Waals surface area contributed by atoms with E-state index in [9.17, 15) is 0 Å². The van der Waals surface area contributed by atoms with E-state index in [4.69, 9.17) is 0 Å². The summed E-state index contributed by atoms with van der Waals surface area (Å²) in [5.74, 6) is 0. The van der Waals surface area contributed by atoms with Gasteiger partial charge in [-0.05, 0) is 43.0 Å². The molecule has 78 valence electrons. The number of benzene rings is 1. The van der Waals surface area contributed by atoms with Crippen molar-refractivity contribution in [2.45, 2.75) is 20.8 Å². The van der Waals surface area contributed by atoms with E-state index in [1.807, 2.05) is 0 Å². The molecule has 1 aromatic rings. The summed E-state index contributed by atoms with van der Waals surface area (Å²) in [7, 11) is 0. The molecule has 1 aromatic carbocycles. The smallest absolute Gasteiger partial charge is 0.0112 e. The van der Waals surface area contributed by atoms with Gasteiger partial charge in [-0.25, -0.2) is 0 Å². The molecule has 0 aliphatic rings. The van der Waals surface area contributed by atoms with E-state index >= 15 is 0 Å². The molecule has 0 radical (unpaired) electrons. The van der Waals surface area contributed by atoms with Crippen molar-refractivity contribution in [3.05, 3.63) is 60.2 Å². The molecule has 15 heavy (non-hydrogen) atoms. The Morgan fingerprint density at radius 3 is 2.47 bits per heavy atom. The average Bonchev–Trinajstić information content (AvgIpc) is 2.26. The first kappa shape index (κ1) is 11.5. The van der Waals surface area contributed by atoms with Gasteiger partial charge in [-0.15, -0.1) is 0 Å². The largest absolute Gasteiger partial charge is 0.0985 e. The van der Waals surface area contributed by atoms with Crippen molar-refractivity contribution in [1.29, 1.82) is 0 Å². The van der Waals surface area contributed by atoms with Gasteiger partial charge in [-0.3, -0.25) is 0 Å². The average molecular weight is 198 g/mol. The first-order valence-electron chi connectivity index (χ1n) is 5.15. The van der Waals surface area contributed by atoms with Crippen LogP contribution in [0.4, 0.5) is 0 Å². The standard InChI is InChI=1S/C15H18/c1-6-12(4)14-9-8-11(3)10-15(14)13(5)7-2/h6-10H,2,5H2,1,3-4H3/b12-6+. The molecule has 0 aromatic heterocycles. The third-order valence-corrected chi connectivity index (χ3v) is 2.63. The minimum atomic E-state index is 0.981. The summed E-state index contributed by atoms with van der Waals surface area (Å²) in [6.07, 6.45) is 3.92. The van der Waals surface area contributed by atoms with Crippen LogP contribution in [0.25, 0.3) is 11.1 Å². The lowest BCUT2D eigenvalue weighted by atomic mass is 9.94. The van der Waals surface area contributed by atoms with Crippen molar-refractivity contribution in [3.63, 3.8) is 0 Å². The Bertz CT molecular complexity index is 420. The lowest BCUT2D eigenvalue weighted by Crippen LogP contribution is -1.90. The first-order chi connectivity index (χ1) is 7.10. The fourth-order valence-corrected chi connectivity index (χ4v) is 1.53. The molecule has 0 heteroatoms. The number of hydrogen-bond acceptors (Lipinski definition) is 0. The molecule has 0 bridgehead atoms. The van der Waals surface area contributed by atoms with E-state index in [2.05, 4.69) is 58.2 Å². The van der Waals surface area contributed by atoms with Crippen LogP contribution in [0.1, 0.15) is 30.5 Å². The van der Waals surface area contributed by atoms with Crippen molar-refractivity contribution in [2.75, 3.05) is 0 Å². The quantitative estimate of drug-likeness (QED) is 0.622. The zero-order valence-corrected chi connectivity index (χ0v) is 9.80. The second-order valence-corrected chi connectivity index (χ2v) is 3.75. The molecular formula is C15H18. The molecule has 0 aliphatic carbocycles. The highest BCUT2D eigenvalue weighted by atomic mass is 14.1. The second-order valence-electron chi connectivity index (χ2n) is 3.75. The van der Waals surface area contributed by atoms with E-state index in [1.54, 1.807) is 6.08 Å². The zero-order valence-electron chi connectivity index (χ0n) is 9.80. The first-order valence-corrected chi connectivity index (χ1v) is 5.15. The number of aryl methyl sites for hydroxylation is 1. The fraction of sp³-hybridized carbons (Fsp3) is 0.200. The Hall–Kier alpha value is -1.56. The van der Waals surface area contributed by atoms with Gasteiger partial charge in [0.1, 0.15) is 0 Å². The van der Waals surface area contributed by atoms with E-state index in [0.29, 0.717) is 0 Å². The molecule has 0 atom stereocenters. The number of rotatable bonds is 3. The Morgan fingerprint density at radius 1 is 1.27 bits per heavy atom. The molecule has 0 nitrogen and oxygen atoms in total. The summed E-state index contributed by atoms with van der Waals surface area (Å²) in [6, 6.07) is 6.43. The molecule has 0 amide bonds. The Kier molecular flexibility index (Phi) is 3.68. The van der Waals surface area contributed by atoms with Gasteiger partial charge in [-0.2, -0.15) is 0 Å². The SMILES string of the molecule is C=CC(=C)c1cc(C)ccc1/C(C)=C/C. The van der Waals surface area contributed by atoms with Crippen molar-refractivity contribution in [2.24, 2.45) is 0 Å². The molecule has 0 aliphatic heterocycles. The van der Waals surface area contributed by atoms with E-state index in [-0.39, 0.29) is 0 Å². The lowest BCUT2D eigenvalue weighted by Gasteiger charge is -2.11. The predicted molar refractivity (Wildman–Crippen MR) is 69.7 cm³/mol. The molecule has 0 saturated carbocycles. The fourth-order valence-electron chi connectivity index (χ4n) is 1.53. The molecule has 0 saturated heterocycles. The number of allylic oxidation sites excluding steroid dienone is 4. The maximum Gasteiger partial charge on any atom is -0.0112 e. The van der Waals surface area contributed by atoms with E-state index < -0.39 is 0 Å². The molecule has 0 fully saturated rings. The van der Waals surface area contributed by atoms with Crippen molar-refractivity contribution in [1.82, 2.24) is 0 Å². The van der Waals surface area contributed by atoms with Gasteiger partial charge in [0.2, 0.25) is 0 Å². The van der Waals surface area contributed by atoms with Gasteiger partial charge in [0.05, 0.1) is 0 Å². The van der Waals surface area contributed by atoms with Crippen molar-refractivity contribution in [3.8, 4) is 0 Å². The van der Waals surface area contributed by atoms with Crippen LogP contribution < -0.4 is 0 Å². The van der Waals surface area contributed by atoms with E-state index in [0.717, 1.165) is 5.57 Å². The molecule has 1 rings (SSSR count). The molecule has 0 N–H and O–H groups in total. The van der Waals surface area contributed by atoms with Crippen LogP contribution in [-0.4, -0.2) is 0 Å². The highest BCUT2D eigenvalue weighted by Gasteiger charge is 2.05. The van der Waals surface area contributed by atoms with Gasteiger partial charge >= 0.3 is 0 Å². The molecule has 0 spiro atoms. The summed E-state index contributed by atoms with van der Waals surface area (Å²) in [6.45, 7) is 14.0. The predicted octanol–water partition coefficient (Wildman–Crippen LogP) is 4.62. The van der Waals surface area contributed by atoms with Crippen LogP contribution in [-0.2, 0) is 0 Å². The highest BCUT2D eigenvalue weighted by molar-refractivity contribution is 5.82. The summed E-state index contributed by atoms with van der Waals surface area (Å²) in [5.41, 5.74) is 5.93. The van der Waals surface area contributed by atoms with Gasteiger partial charge in [0.25, 0.3) is 0 Å². The molecule has 0 heterocycles. The van der Waals surface area contributed by atoms with Crippen molar-refractivity contribution >= 4 is 11.1 Å². The van der Waals surface area contributed by atoms with Gasteiger partial charge in [-0.1, -0.05) is 49.1 Å². The van der Waals surface area contributed by atoms with Crippen molar-refractivity contribution < 1.29 is 0 Å². The van der Waals surface area contributed by atoms with Crippen LogP contribution >= 0.6 is 0 Å². The van der Waals surface area contributed by atoms with Gasteiger partial charge in [0, 0.05) is 0 Å². The highest BCUT2D eigenvalue weighted by Crippen LogP contribution is 2.26. The Morgan fingerprint density at radius 2 is 1.93 bits per heavy atom. The van der Waals surface area contributed by atoms with E-state index in [1.165, 1.54) is 22.3 Å². The second kappa shape index (κ2) is 4.79. The number of hydrogen-bond donors (Lipinski definition) is 0. The van der Waals surface area contributed by atoms with Gasteiger partial charge in [0.15, 0.2) is 0 Å². The summed E-state index contributed by atoms with van der Waals surface area (Å²) in [5, 5.41) is 0. The van der Waals surface area contributed by atoms with Crippen LogP contribution in [0.3, 0.4) is 0 Å². The molecule has 0 unspecified atom stereocenters. The summed E-state index contributed by atoms with van der Waals surface area (Å²) >= 11 is 0. The minimum absolute atomic E-state index is 0.981. The van der Waals surface area contributed by atoms with Crippen LogP contribution in [0.15, 0.2) is 43.5 Å². The lowest BCUT2D eigenvalue weighted by molar-refractivity contribution is 1.41. The van der Waals surface area contributed by atoms with Crippen LogP contribution in [0, 0.1) is 6.92 Å². The third kappa shape index (κ3) is 2.47. The summed E-state index contributed by atoms with van der Waals surface area (Å²) < 4.78 is 0. The topological polar surface area (TPSA) is 0 Å². The molecular weight excluding hydrogens is 180 g/mol. The monoisotopic (exact) mass is 198 g/mol. The normalized spacial score (nSPS) is 11.3. The minimum Gasteiger partial charge on any atom is -0.0985 e. The maximum atomic E-state index is 4.02. The van der Waals surface area contributed by atoms with Crippen LogP contribution in [0.2, 0.25) is 0 Å². The Balaban J connectivity index is 3.39. The summed E-state index contributed by atoms with van der Waals surface area (Å²) in [4.78, 5) is 0. The maximum absolute atomic E-state index is 4.02. The van der Waals surface area contributed by atoms with Gasteiger partial charge < -0.3 is 0 Å². The zero-order chi connectivity index (χ0) is 11.4. The Labute approximate surface area is 92.6 Å². The van der Waals surface area contributed by atoms with Crippen LogP contribution in [0.5, 0.6) is 0 Å². The third-order valence-electron chi connectivity index (χ3n) is 2.63.